The van der Waals surface area contributed by atoms with Gasteiger partial charge in [0, 0.05) is 19.2 Å². The standard InChI is InChI=1S/C20H22N2O5S/c1-13(18(24)21-11-15-7-4-3-5-8-15)27-20(25)16-12-28-19(22(16)14(2)23)17-9-6-10-26-17/h3-10,13,16,19H,11-12H2,1-2H3,(H,21,24)/t13-,16+,19-/m1/s1. The number of esters is 1. The van der Waals surface area contributed by atoms with Crippen LogP contribution in [0.15, 0.2) is 53.1 Å². The van der Waals surface area contributed by atoms with E-state index in [1.165, 1.54) is 36.8 Å². The van der Waals surface area contributed by atoms with Crippen molar-refractivity contribution in [1.29, 1.82) is 0 Å². The summed E-state index contributed by atoms with van der Waals surface area (Å²) in [7, 11) is 0. The zero-order valence-electron chi connectivity index (χ0n) is 15.7. The van der Waals surface area contributed by atoms with E-state index in [2.05, 4.69) is 5.32 Å². The van der Waals surface area contributed by atoms with Crippen LogP contribution in [0.4, 0.5) is 0 Å². The third-order valence-electron chi connectivity index (χ3n) is 4.39. The number of nitrogens with one attached hydrogen (secondary N) is 1. The van der Waals surface area contributed by atoms with E-state index in [9.17, 15) is 14.4 Å². The fourth-order valence-electron chi connectivity index (χ4n) is 2.96. The molecule has 1 aromatic heterocycles. The SMILES string of the molecule is CC(=O)N1[C@@H](c2ccco2)SC[C@H]1C(=O)O[C@H](C)C(=O)NCc1ccccc1. The molecule has 1 fully saturated rings. The Hall–Kier alpha value is -2.74. The molecule has 0 spiro atoms. The topological polar surface area (TPSA) is 88.8 Å². The van der Waals surface area contributed by atoms with Crippen LogP contribution >= 0.6 is 11.8 Å². The van der Waals surface area contributed by atoms with E-state index in [1.54, 1.807) is 12.1 Å². The number of hydrogen-bond donors (Lipinski definition) is 1. The summed E-state index contributed by atoms with van der Waals surface area (Å²) in [6.45, 7) is 3.27. The van der Waals surface area contributed by atoms with Gasteiger partial charge >= 0.3 is 5.97 Å². The summed E-state index contributed by atoms with van der Waals surface area (Å²) in [5, 5.41) is 2.36. The van der Waals surface area contributed by atoms with Gasteiger partial charge in [0.25, 0.3) is 5.91 Å². The molecular formula is C20H22N2O5S. The maximum atomic E-state index is 12.6. The third kappa shape index (κ3) is 4.56. The van der Waals surface area contributed by atoms with Gasteiger partial charge in [-0.15, -0.1) is 11.8 Å². The third-order valence-corrected chi connectivity index (χ3v) is 5.68. The van der Waals surface area contributed by atoms with Crippen LogP contribution in [-0.2, 0) is 25.7 Å². The molecule has 0 unspecified atom stereocenters. The highest BCUT2D eigenvalue weighted by Gasteiger charge is 2.43. The van der Waals surface area contributed by atoms with Gasteiger partial charge in [0.05, 0.1) is 6.26 Å². The van der Waals surface area contributed by atoms with Crippen molar-refractivity contribution in [2.75, 3.05) is 5.75 Å². The molecule has 1 N–H and O–H groups in total. The zero-order valence-corrected chi connectivity index (χ0v) is 16.5. The number of amides is 2. The Bertz CT molecular complexity index is 824. The van der Waals surface area contributed by atoms with Crippen molar-refractivity contribution in [3.8, 4) is 0 Å². The summed E-state index contributed by atoms with van der Waals surface area (Å²) in [6.07, 6.45) is 0.566. The predicted molar refractivity (Wildman–Crippen MR) is 104 cm³/mol. The number of carbonyl (C=O) groups excluding carboxylic acids is 3. The number of rotatable bonds is 6. The Morgan fingerprint density at radius 1 is 1.25 bits per heavy atom. The molecule has 0 bridgehead atoms. The second kappa shape index (κ2) is 8.97. The van der Waals surface area contributed by atoms with Gasteiger partial charge in [-0.05, 0) is 24.6 Å². The lowest BCUT2D eigenvalue weighted by atomic mass is 10.2. The van der Waals surface area contributed by atoms with Gasteiger partial charge in [0.15, 0.2) is 6.10 Å². The van der Waals surface area contributed by atoms with E-state index < -0.39 is 18.1 Å². The van der Waals surface area contributed by atoms with Crippen molar-refractivity contribution in [3.05, 3.63) is 60.1 Å². The summed E-state index contributed by atoms with van der Waals surface area (Å²) in [4.78, 5) is 38.4. The molecule has 0 radical (unpaired) electrons. The van der Waals surface area contributed by atoms with E-state index in [0.717, 1.165) is 5.56 Å². The van der Waals surface area contributed by atoms with Crippen molar-refractivity contribution in [3.63, 3.8) is 0 Å². The lowest BCUT2D eigenvalue weighted by Gasteiger charge is -2.26. The van der Waals surface area contributed by atoms with Gasteiger partial charge in [0.2, 0.25) is 5.91 Å². The van der Waals surface area contributed by atoms with E-state index >= 15 is 0 Å². The zero-order chi connectivity index (χ0) is 20.1. The number of hydrogen-bond acceptors (Lipinski definition) is 6. The van der Waals surface area contributed by atoms with Crippen LogP contribution in [0, 0.1) is 0 Å². The Kier molecular flexibility index (Phi) is 6.41. The van der Waals surface area contributed by atoms with Crippen LogP contribution < -0.4 is 5.32 Å². The number of carbonyl (C=O) groups is 3. The van der Waals surface area contributed by atoms with E-state index in [1.807, 2.05) is 30.3 Å². The molecule has 1 aliphatic rings. The molecule has 148 valence electrons. The molecule has 3 rings (SSSR count). The highest BCUT2D eigenvalue weighted by Crippen LogP contribution is 2.41. The Labute approximate surface area is 167 Å². The number of benzene rings is 1. The first-order chi connectivity index (χ1) is 13.5. The van der Waals surface area contributed by atoms with Crippen LogP contribution in [0.1, 0.15) is 30.5 Å². The van der Waals surface area contributed by atoms with Crippen molar-refractivity contribution < 1.29 is 23.5 Å². The highest BCUT2D eigenvalue weighted by molar-refractivity contribution is 7.99. The van der Waals surface area contributed by atoms with E-state index in [-0.39, 0.29) is 17.2 Å². The lowest BCUT2D eigenvalue weighted by molar-refractivity contribution is -0.161. The van der Waals surface area contributed by atoms with Crippen molar-refractivity contribution >= 4 is 29.5 Å². The van der Waals surface area contributed by atoms with Crippen molar-refractivity contribution in [1.82, 2.24) is 10.2 Å². The highest BCUT2D eigenvalue weighted by atomic mass is 32.2. The van der Waals surface area contributed by atoms with Gasteiger partial charge in [-0.3, -0.25) is 9.59 Å². The van der Waals surface area contributed by atoms with Crippen LogP contribution in [0.3, 0.4) is 0 Å². The molecule has 28 heavy (non-hydrogen) atoms. The molecule has 8 heteroatoms. The van der Waals surface area contributed by atoms with Crippen LogP contribution in [0.25, 0.3) is 0 Å². The fraction of sp³-hybridized carbons (Fsp3) is 0.350. The first kappa shape index (κ1) is 20.0. The molecule has 2 heterocycles. The number of nitrogens with zero attached hydrogens (tertiary/aromatic N) is 1. The molecule has 0 aliphatic carbocycles. The quantitative estimate of drug-likeness (QED) is 0.747. The lowest BCUT2D eigenvalue weighted by Crippen LogP contribution is -2.45. The van der Waals surface area contributed by atoms with Gasteiger partial charge in [-0.25, -0.2) is 4.79 Å². The Morgan fingerprint density at radius 3 is 2.64 bits per heavy atom. The molecule has 3 atom stereocenters. The Balaban J connectivity index is 1.58. The van der Waals surface area contributed by atoms with Crippen LogP contribution in [-0.4, -0.2) is 40.6 Å². The number of thioether (sulfide) groups is 1. The monoisotopic (exact) mass is 402 g/mol. The summed E-state index contributed by atoms with van der Waals surface area (Å²) < 4.78 is 10.7. The molecule has 1 aliphatic heterocycles. The molecule has 1 aromatic carbocycles. The van der Waals surface area contributed by atoms with Gasteiger partial charge in [0.1, 0.15) is 17.2 Å². The van der Waals surface area contributed by atoms with Gasteiger partial charge in [-0.1, -0.05) is 30.3 Å². The maximum Gasteiger partial charge on any atom is 0.330 e. The number of ether oxygens (including phenoxy) is 1. The second-order valence-electron chi connectivity index (χ2n) is 6.43. The summed E-state index contributed by atoms with van der Waals surface area (Å²) >= 11 is 1.43. The minimum Gasteiger partial charge on any atom is -0.466 e. The molecule has 0 saturated carbocycles. The minimum absolute atomic E-state index is 0.255. The largest absolute Gasteiger partial charge is 0.466 e. The van der Waals surface area contributed by atoms with E-state index in [0.29, 0.717) is 18.1 Å². The van der Waals surface area contributed by atoms with Crippen molar-refractivity contribution in [2.24, 2.45) is 0 Å². The summed E-state index contributed by atoms with van der Waals surface area (Å²) in [5.41, 5.74) is 0.950. The normalized spacial score (nSPS) is 19.9. The molecular weight excluding hydrogens is 380 g/mol. The summed E-state index contributed by atoms with van der Waals surface area (Å²) in [5.74, 6) is -0.264. The van der Waals surface area contributed by atoms with E-state index in [4.69, 9.17) is 9.15 Å². The van der Waals surface area contributed by atoms with Crippen molar-refractivity contribution in [2.45, 2.75) is 37.9 Å². The van der Waals surface area contributed by atoms with Crippen LogP contribution in [0.2, 0.25) is 0 Å². The minimum atomic E-state index is -0.960. The number of furan rings is 1. The first-order valence-electron chi connectivity index (χ1n) is 8.93. The first-order valence-corrected chi connectivity index (χ1v) is 9.98. The second-order valence-corrected chi connectivity index (χ2v) is 7.54. The molecule has 2 amide bonds. The average molecular weight is 402 g/mol. The van der Waals surface area contributed by atoms with Gasteiger partial charge in [-0.2, -0.15) is 0 Å². The predicted octanol–water partition coefficient (Wildman–Crippen LogP) is 2.49. The van der Waals surface area contributed by atoms with Gasteiger partial charge < -0.3 is 19.4 Å². The average Bonchev–Trinajstić information content (AvgIpc) is 3.35. The molecule has 2 aromatic rings. The smallest absolute Gasteiger partial charge is 0.330 e. The Morgan fingerprint density at radius 2 is 2.00 bits per heavy atom. The fourth-order valence-corrected chi connectivity index (χ4v) is 4.37. The maximum absolute atomic E-state index is 12.6. The molecule has 7 nitrogen and oxygen atoms in total. The van der Waals surface area contributed by atoms with Crippen LogP contribution in [0.5, 0.6) is 0 Å². The summed E-state index contributed by atoms with van der Waals surface area (Å²) in [6, 6.07) is 12.2. The molecule has 1 saturated heterocycles.